The smallest absolute Gasteiger partial charge is 0.321 e. The summed E-state index contributed by atoms with van der Waals surface area (Å²) in [5, 5.41) is 0.710. The van der Waals surface area contributed by atoms with E-state index in [-0.39, 0.29) is 18.1 Å². The first-order valence-corrected chi connectivity index (χ1v) is 10.8. The Morgan fingerprint density at radius 3 is 2.39 bits per heavy atom. The van der Waals surface area contributed by atoms with Gasteiger partial charge in [-0.1, -0.05) is 48.4 Å². The molecule has 0 spiro atoms. The summed E-state index contributed by atoms with van der Waals surface area (Å²) in [6.45, 7) is 7.92. The third-order valence-corrected chi connectivity index (χ3v) is 7.03. The van der Waals surface area contributed by atoms with Crippen molar-refractivity contribution in [1.82, 2.24) is 0 Å². The molecule has 0 N–H and O–H groups in total. The summed E-state index contributed by atoms with van der Waals surface area (Å²) in [5.41, 5.74) is 3.86. The Balaban J connectivity index is 1.70. The van der Waals surface area contributed by atoms with Gasteiger partial charge in [-0.05, 0) is 49.6 Å². The molecule has 1 aliphatic rings. The number of hydrogen-bond donors (Lipinski definition) is 0. The maximum absolute atomic E-state index is 12.9. The topological polar surface area (TPSA) is 43.4 Å². The lowest BCUT2D eigenvalue weighted by Gasteiger charge is -2.32. The van der Waals surface area contributed by atoms with E-state index in [1.54, 1.807) is 11.8 Å². The fraction of sp³-hybridized carbons (Fsp3) is 0.391. The van der Waals surface area contributed by atoms with Gasteiger partial charge >= 0.3 is 5.97 Å². The molecule has 1 heterocycles. The van der Waals surface area contributed by atoms with Crippen LogP contribution in [0.4, 0.5) is 0 Å². The second kappa shape index (κ2) is 8.71. The number of ether oxygens (including phenoxy) is 1. The van der Waals surface area contributed by atoms with Crippen LogP contribution in [0.25, 0.3) is 0 Å². The maximum atomic E-state index is 12.9. The zero-order valence-electron chi connectivity index (χ0n) is 16.6. The highest BCUT2D eigenvalue weighted by molar-refractivity contribution is 7.99. The molecule has 3 atom stereocenters. The predicted molar refractivity (Wildman–Crippen MR) is 114 cm³/mol. The molecule has 1 fully saturated rings. The first-order chi connectivity index (χ1) is 13.3. The third kappa shape index (κ3) is 4.44. The van der Waals surface area contributed by atoms with E-state index in [4.69, 9.17) is 16.3 Å². The zero-order valence-corrected chi connectivity index (χ0v) is 18.2. The molecule has 3 rings (SSSR count). The van der Waals surface area contributed by atoms with E-state index >= 15 is 0 Å². The van der Waals surface area contributed by atoms with Crippen molar-refractivity contribution < 1.29 is 14.3 Å². The van der Waals surface area contributed by atoms with Crippen molar-refractivity contribution in [1.29, 1.82) is 0 Å². The molecule has 0 saturated carbocycles. The van der Waals surface area contributed by atoms with Crippen LogP contribution in [0.2, 0.25) is 5.02 Å². The van der Waals surface area contributed by atoms with Crippen LogP contribution in [0, 0.1) is 26.7 Å². The Labute approximate surface area is 175 Å². The summed E-state index contributed by atoms with van der Waals surface area (Å²) >= 11 is 7.83. The fourth-order valence-electron chi connectivity index (χ4n) is 3.84. The molecule has 1 saturated heterocycles. The quantitative estimate of drug-likeness (QED) is 0.358. The minimum atomic E-state index is -0.805. The highest BCUT2D eigenvalue weighted by Crippen LogP contribution is 2.35. The third-order valence-electron chi connectivity index (χ3n) is 5.23. The number of benzene rings is 2. The van der Waals surface area contributed by atoms with Crippen LogP contribution in [0.3, 0.4) is 0 Å². The molecule has 3 nitrogen and oxygen atoms in total. The Kier molecular flexibility index (Phi) is 6.51. The van der Waals surface area contributed by atoms with Crippen molar-refractivity contribution in [2.45, 2.75) is 51.0 Å². The van der Waals surface area contributed by atoms with E-state index in [0.29, 0.717) is 5.02 Å². The number of Topliss-reactive ketones (excluding diaryl/α,β-unsaturated/α-hetero) is 1. The van der Waals surface area contributed by atoms with Gasteiger partial charge in [0.25, 0.3) is 0 Å². The van der Waals surface area contributed by atoms with Crippen molar-refractivity contribution in [3.8, 4) is 0 Å². The van der Waals surface area contributed by atoms with E-state index in [0.717, 1.165) is 32.9 Å². The van der Waals surface area contributed by atoms with Gasteiger partial charge in [0.05, 0.1) is 5.02 Å². The Morgan fingerprint density at radius 2 is 1.79 bits per heavy atom. The minimum absolute atomic E-state index is 0.0501. The molecule has 2 aromatic carbocycles. The molecule has 0 aliphatic carbocycles. The lowest BCUT2D eigenvalue weighted by Crippen LogP contribution is -2.41. The van der Waals surface area contributed by atoms with Gasteiger partial charge in [-0.25, -0.2) is 0 Å². The second-order valence-electron chi connectivity index (χ2n) is 7.61. The predicted octanol–water partition coefficient (Wildman–Crippen LogP) is 5.66. The van der Waals surface area contributed by atoms with Gasteiger partial charge in [-0.2, -0.15) is 0 Å². The molecular formula is C23H25ClO3S. The van der Waals surface area contributed by atoms with Gasteiger partial charge in [-0.3, -0.25) is 9.59 Å². The second-order valence-corrected chi connectivity index (χ2v) is 9.08. The molecule has 28 heavy (non-hydrogen) atoms. The van der Waals surface area contributed by atoms with Crippen molar-refractivity contribution in [3.05, 3.63) is 63.7 Å². The Bertz CT molecular complexity index is 867. The zero-order chi connectivity index (χ0) is 20.4. The summed E-state index contributed by atoms with van der Waals surface area (Å²) in [6, 6.07) is 11.7. The average Bonchev–Trinajstić information content (AvgIpc) is 2.62. The number of carbonyl (C=O) groups is 2. The Morgan fingerprint density at radius 1 is 1.14 bits per heavy atom. The number of cyclic esters (lactones) is 1. The van der Waals surface area contributed by atoms with Crippen molar-refractivity contribution in [2.75, 3.05) is 5.75 Å². The standard InChI is InChI=1S/C23H25ClO3S/c1-13-9-14(2)21(15(3)10-13)22-18(25)11-19(27-23(22)26)16(4)12-28-20-8-6-5-7-17(20)24/h5-10,16,19,22H,11-12H2,1-4H3. The first-order valence-electron chi connectivity index (χ1n) is 9.46. The summed E-state index contributed by atoms with van der Waals surface area (Å²) in [5.74, 6) is -0.505. The SMILES string of the molecule is Cc1cc(C)c(C2C(=O)CC(C(C)CSc3ccccc3Cl)OC2=O)c(C)c1. The number of aryl methyl sites for hydroxylation is 3. The molecule has 0 bridgehead atoms. The fourth-order valence-corrected chi connectivity index (χ4v) is 5.18. The lowest BCUT2D eigenvalue weighted by molar-refractivity contribution is -0.162. The molecule has 1 aliphatic heterocycles. The van der Waals surface area contributed by atoms with Crippen LogP contribution in [0.15, 0.2) is 41.3 Å². The molecule has 148 valence electrons. The normalized spacial score (nSPS) is 20.8. The van der Waals surface area contributed by atoms with E-state index < -0.39 is 18.0 Å². The van der Waals surface area contributed by atoms with Crippen LogP contribution < -0.4 is 0 Å². The van der Waals surface area contributed by atoms with Gasteiger partial charge in [0.1, 0.15) is 12.0 Å². The van der Waals surface area contributed by atoms with Crippen molar-refractivity contribution in [3.63, 3.8) is 0 Å². The number of carbonyl (C=O) groups excluding carboxylic acids is 2. The van der Waals surface area contributed by atoms with E-state index in [1.807, 2.05) is 64.1 Å². The van der Waals surface area contributed by atoms with Crippen LogP contribution >= 0.6 is 23.4 Å². The molecule has 0 aromatic heterocycles. The summed E-state index contributed by atoms with van der Waals surface area (Å²) in [6.07, 6.45) is -0.134. The monoisotopic (exact) mass is 416 g/mol. The highest BCUT2D eigenvalue weighted by Gasteiger charge is 2.41. The number of thioether (sulfide) groups is 1. The highest BCUT2D eigenvalue weighted by atomic mass is 35.5. The lowest BCUT2D eigenvalue weighted by atomic mass is 9.82. The molecule has 3 unspecified atom stereocenters. The van der Waals surface area contributed by atoms with Gasteiger partial charge < -0.3 is 4.74 Å². The minimum Gasteiger partial charge on any atom is -0.461 e. The maximum Gasteiger partial charge on any atom is 0.321 e. The van der Waals surface area contributed by atoms with Crippen LogP contribution in [0.1, 0.15) is 41.5 Å². The van der Waals surface area contributed by atoms with E-state index in [1.165, 1.54) is 0 Å². The number of rotatable bonds is 5. The molecule has 5 heteroatoms. The largest absolute Gasteiger partial charge is 0.461 e. The average molecular weight is 417 g/mol. The number of ketones is 1. The summed E-state index contributed by atoms with van der Waals surface area (Å²) in [4.78, 5) is 26.7. The molecular weight excluding hydrogens is 392 g/mol. The molecule has 0 radical (unpaired) electrons. The van der Waals surface area contributed by atoms with Gasteiger partial charge in [0, 0.05) is 23.0 Å². The van der Waals surface area contributed by atoms with Crippen molar-refractivity contribution in [2.24, 2.45) is 5.92 Å². The number of esters is 1. The van der Waals surface area contributed by atoms with Gasteiger partial charge in [0.2, 0.25) is 0 Å². The Hall–Kier alpha value is -1.78. The first kappa shape index (κ1) is 20.9. The molecule has 0 amide bonds. The van der Waals surface area contributed by atoms with Crippen LogP contribution in [-0.2, 0) is 14.3 Å². The van der Waals surface area contributed by atoms with Gasteiger partial charge in [-0.15, -0.1) is 11.8 Å². The van der Waals surface area contributed by atoms with E-state index in [9.17, 15) is 9.59 Å². The van der Waals surface area contributed by atoms with E-state index in [2.05, 4.69) is 0 Å². The number of hydrogen-bond acceptors (Lipinski definition) is 4. The number of halogens is 1. The summed E-state index contributed by atoms with van der Waals surface area (Å²) < 4.78 is 5.74. The molecule has 2 aromatic rings. The van der Waals surface area contributed by atoms with Crippen LogP contribution in [-0.4, -0.2) is 23.6 Å². The summed E-state index contributed by atoms with van der Waals surface area (Å²) in [7, 11) is 0. The van der Waals surface area contributed by atoms with Crippen LogP contribution in [0.5, 0.6) is 0 Å². The van der Waals surface area contributed by atoms with Gasteiger partial charge in [0.15, 0.2) is 5.78 Å². The van der Waals surface area contributed by atoms with Crippen molar-refractivity contribution >= 4 is 35.1 Å².